The lowest BCUT2D eigenvalue weighted by Crippen LogP contribution is -2.29. The van der Waals surface area contributed by atoms with Crippen LogP contribution in [0.2, 0.25) is 0 Å². The van der Waals surface area contributed by atoms with Crippen LogP contribution >= 0.6 is 15.9 Å². The van der Waals surface area contributed by atoms with E-state index in [1.54, 1.807) is 6.20 Å². The van der Waals surface area contributed by atoms with Gasteiger partial charge in [-0.3, -0.25) is 9.78 Å². The topological polar surface area (TPSA) is 33.2 Å². The molecule has 1 aliphatic heterocycles. The van der Waals surface area contributed by atoms with Gasteiger partial charge in [0.2, 0.25) is 0 Å². The van der Waals surface area contributed by atoms with E-state index in [0.29, 0.717) is 5.92 Å². The van der Waals surface area contributed by atoms with E-state index in [1.165, 1.54) is 0 Å². The number of fused-ring (bicyclic) bond motifs is 1. The van der Waals surface area contributed by atoms with Crippen molar-refractivity contribution in [2.24, 2.45) is 5.92 Å². The zero-order chi connectivity index (χ0) is 13.9. The number of halogens is 1. The smallest absolute Gasteiger partial charge is 0.254 e. The molecule has 0 spiro atoms. The quantitative estimate of drug-likeness (QED) is 0.806. The summed E-state index contributed by atoms with van der Waals surface area (Å²) in [6.07, 6.45) is 3.98. The molecule has 1 amide bonds. The summed E-state index contributed by atoms with van der Waals surface area (Å²) in [5.74, 6) is 0.770. The van der Waals surface area contributed by atoms with E-state index in [0.717, 1.165) is 47.7 Å². The Morgan fingerprint density at radius 2 is 2.20 bits per heavy atom. The normalized spacial score (nSPS) is 18.6. The molecule has 104 valence electrons. The second-order valence-corrected chi connectivity index (χ2v) is 6.05. The molecule has 4 heteroatoms. The maximum Gasteiger partial charge on any atom is 0.254 e. The summed E-state index contributed by atoms with van der Waals surface area (Å²) < 4.78 is 0. The lowest BCUT2D eigenvalue weighted by Gasteiger charge is -2.17. The Labute approximate surface area is 127 Å². The summed E-state index contributed by atoms with van der Waals surface area (Å²) in [5.41, 5.74) is 1.66. The third-order valence-electron chi connectivity index (χ3n) is 3.97. The molecule has 2 aromatic rings. The van der Waals surface area contributed by atoms with Gasteiger partial charge in [-0.1, -0.05) is 34.1 Å². The van der Waals surface area contributed by atoms with Crippen molar-refractivity contribution in [1.82, 2.24) is 9.88 Å². The molecule has 0 saturated carbocycles. The molecule has 1 aromatic carbocycles. The number of para-hydroxylation sites is 1. The standard InChI is InChI=1S/C16H17BrN2O/c17-8-5-12-7-10-19(11-12)16(20)14-6-9-18-15-4-2-1-3-13(14)15/h1-4,6,9,12H,5,7-8,10-11H2. The van der Waals surface area contributed by atoms with E-state index in [9.17, 15) is 4.79 Å². The predicted octanol–water partition coefficient (Wildman–Crippen LogP) is 3.48. The highest BCUT2D eigenvalue weighted by Crippen LogP contribution is 2.24. The number of nitrogens with zero attached hydrogens (tertiary/aromatic N) is 2. The molecule has 1 fully saturated rings. The van der Waals surface area contributed by atoms with Gasteiger partial charge in [-0.2, -0.15) is 0 Å². The van der Waals surface area contributed by atoms with Crippen LogP contribution in [0, 0.1) is 5.92 Å². The molecular formula is C16H17BrN2O. The minimum absolute atomic E-state index is 0.140. The van der Waals surface area contributed by atoms with Crippen molar-refractivity contribution >= 4 is 32.7 Å². The highest BCUT2D eigenvalue weighted by atomic mass is 79.9. The molecule has 1 aromatic heterocycles. The summed E-state index contributed by atoms with van der Waals surface area (Å²) in [6, 6.07) is 9.66. The van der Waals surface area contributed by atoms with Crippen LogP contribution in [0.3, 0.4) is 0 Å². The Balaban J connectivity index is 1.86. The number of carbonyl (C=O) groups is 1. The second-order valence-electron chi connectivity index (χ2n) is 5.26. The van der Waals surface area contributed by atoms with Crippen LogP contribution in [0.4, 0.5) is 0 Å². The van der Waals surface area contributed by atoms with Gasteiger partial charge in [0.05, 0.1) is 11.1 Å². The Bertz CT molecular complexity index is 623. The molecule has 1 unspecified atom stereocenters. The van der Waals surface area contributed by atoms with E-state index < -0.39 is 0 Å². The van der Waals surface area contributed by atoms with Gasteiger partial charge in [0.25, 0.3) is 5.91 Å². The zero-order valence-corrected chi connectivity index (χ0v) is 12.8. The third-order valence-corrected chi connectivity index (χ3v) is 4.43. The molecule has 1 atom stereocenters. The molecular weight excluding hydrogens is 316 g/mol. The molecule has 3 rings (SSSR count). The fourth-order valence-electron chi connectivity index (χ4n) is 2.86. The van der Waals surface area contributed by atoms with Gasteiger partial charge in [-0.25, -0.2) is 0 Å². The number of rotatable bonds is 3. The monoisotopic (exact) mass is 332 g/mol. The van der Waals surface area contributed by atoms with Crippen LogP contribution < -0.4 is 0 Å². The first-order valence-corrected chi connectivity index (χ1v) is 8.10. The fraction of sp³-hybridized carbons (Fsp3) is 0.375. The number of aromatic nitrogens is 1. The Morgan fingerprint density at radius 1 is 1.35 bits per heavy atom. The van der Waals surface area contributed by atoms with E-state index in [2.05, 4.69) is 20.9 Å². The second kappa shape index (κ2) is 5.92. The van der Waals surface area contributed by atoms with Crippen LogP contribution in [0.15, 0.2) is 36.5 Å². The SMILES string of the molecule is O=C(c1ccnc2ccccc12)N1CCC(CCBr)C1. The first kappa shape index (κ1) is 13.6. The highest BCUT2D eigenvalue weighted by molar-refractivity contribution is 9.09. The molecule has 1 aliphatic rings. The van der Waals surface area contributed by atoms with Crippen molar-refractivity contribution in [3.8, 4) is 0 Å². The van der Waals surface area contributed by atoms with Crippen molar-refractivity contribution in [3.05, 3.63) is 42.1 Å². The van der Waals surface area contributed by atoms with Gasteiger partial charge in [0.1, 0.15) is 0 Å². The van der Waals surface area contributed by atoms with E-state index >= 15 is 0 Å². The summed E-state index contributed by atoms with van der Waals surface area (Å²) in [7, 11) is 0. The number of amides is 1. The molecule has 0 bridgehead atoms. The molecule has 0 radical (unpaired) electrons. The Hall–Kier alpha value is -1.42. The number of hydrogen-bond acceptors (Lipinski definition) is 2. The van der Waals surface area contributed by atoms with Gasteiger partial charge in [0, 0.05) is 30.0 Å². The molecule has 3 nitrogen and oxygen atoms in total. The minimum Gasteiger partial charge on any atom is -0.338 e. The predicted molar refractivity (Wildman–Crippen MR) is 84.2 cm³/mol. The third kappa shape index (κ3) is 2.57. The molecule has 1 saturated heterocycles. The Kier molecular flexibility index (Phi) is 4.01. The number of carbonyl (C=O) groups excluding carboxylic acids is 1. The van der Waals surface area contributed by atoms with Crippen LogP contribution in [-0.4, -0.2) is 34.2 Å². The summed E-state index contributed by atoms with van der Waals surface area (Å²) in [4.78, 5) is 19.0. The summed E-state index contributed by atoms with van der Waals surface area (Å²) in [5, 5.41) is 1.96. The largest absolute Gasteiger partial charge is 0.338 e. The first-order valence-electron chi connectivity index (χ1n) is 6.98. The average molecular weight is 333 g/mol. The van der Waals surface area contributed by atoms with Gasteiger partial charge in [-0.05, 0) is 30.9 Å². The average Bonchev–Trinajstić information content (AvgIpc) is 2.95. The summed E-state index contributed by atoms with van der Waals surface area (Å²) >= 11 is 3.48. The number of pyridine rings is 1. The summed E-state index contributed by atoms with van der Waals surface area (Å²) in [6.45, 7) is 1.74. The van der Waals surface area contributed by atoms with Crippen molar-refractivity contribution in [2.45, 2.75) is 12.8 Å². The maximum absolute atomic E-state index is 12.7. The minimum atomic E-state index is 0.140. The Morgan fingerprint density at radius 3 is 3.05 bits per heavy atom. The van der Waals surface area contributed by atoms with Gasteiger partial charge < -0.3 is 4.90 Å². The molecule has 0 N–H and O–H groups in total. The highest BCUT2D eigenvalue weighted by Gasteiger charge is 2.27. The first-order chi connectivity index (χ1) is 9.79. The van der Waals surface area contributed by atoms with Gasteiger partial charge in [0.15, 0.2) is 0 Å². The van der Waals surface area contributed by atoms with Crippen LogP contribution in [-0.2, 0) is 0 Å². The molecule has 2 heterocycles. The number of alkyl halides is 1. The van der Waals surface area contributed by atoms with Crippen LogP contribution in [0.1, 0.15) is 23.2 Å². The van der Waals surface area contributed by atoms with E-state index in [-0.39, 0.29) is 5.91 Å². The van der Waals surface area contributed by atoms with Crippen molar-refractivity contribution in [3.63, 3.8) is 0 Å². The van der Waals surface area contributed by atoms with E-state index in [1.807, 2.05) is 35.2 Å². The fourth-order valence-corrected chi connectivity index (χ4v) is 3.51. The van der Waals surface area contributed by atoms with Gasteiger partial charge >= 0.3 is 0 Å². The van der Waals surface area contributed by atoms with Crippen LogP contribution in [0.5, 0.6) is 0 Å². The zero-order valence-electron chi connectivity index (χ0n) is 11.3. The van der Waals surface area contributed by atoms with Gasteiger partial charge in [-0.15, -0.1) is 0 Å². The van der Waals surface area contributed by atoms with Crippen LogP contribution in [0.25, 0.3) is 10.9 Å². The number of likely N-dealkylation sites (tertiary alicyclic amines) is 1. The molecule has 0 aliphatic carbocycles. The number of benzene rings is 1. The van der Waals surface area contributed by atoms with Crippen molar-refractivity contribution in [1.29, 1.82) is 0 Å². The van der Waals surface area contributed by atoms with Crippen molar-refractivity contribution in [2.75, 3.05) is 18.4 Å². The van der Waals surface area contributed by atoms with E-state index in [4.69, 9.17) is 0 Å². The lowest BCUT2D eigenvalue weighted by molar-refractivity contribution is 0.0789. The lowest BCUT2D eigenvalue weighted by atomic mass is 10.1. The molecule has 20 heavy (non-hydrogen) atoms. The maximum atomic E-state index is 12.7. The number of hydrogen-bond donors (Lipinski definition) is 0. The van der Waals surface area contributed by atoms with Crippen molar-refractivity contribution < 1.29 is 4.79 Å².